The number of ketones is 1. The molecule has 0 spiro atoms. The summed E-state index contributed by atoms with van der Waals surface area (Å²) in [4.78, 5) is 15.8. The summed E-state index contributed by atoms with van der Waals surface area (Å²) in [6, 6.07) is 13.2. The molecule has 3 nitrogen and oxygen atoms in total. The highest BCUT2D eigenvalue weighted by atomic mass is 32.2. The van der Waals surface area contributed by atoms with Crippen molar-refractivity contribution in [2.45, 2.75) is 23.0 Å². The third-order valence-electron chi connectivity index (χ3n) is 5.46. The largest absolute Gasteiger partial charge is 0.508 e. The molecule has 2 fully saturated rings. The van der Waals surface area contributed by atoms with E-state index < -0.39 is 0 Å². The van der Waals surface area contributed by atoms with E-state index >= 15 is 0 Å². The summed E-state index contributed by atoms with van der Waals surface area (Å²) >= 11 is 1.85. The van der Waals surface area contributed by atoms with Gasteiger partial charge in [-0.2, -0.15) is 0 Å². The molecule has 2 aliphatic rings. The molecule has 0 amide bonds. The van der Waals surface area contributed by atoms with E-state index in [1.807, 2.05) is 23.9 Å². The lowest BCUT2D eigenvalue weighted by molar-refractivity contribution is 0.0941. The van der Waals surface area contributed by atoms with Crippen molar-refractivity contribution in [2.75, 3.05) is 19.6 Å². The summed E-state index contributed by atoms with van der Waals surface area (Å²) in [7, 11) is 0. The van der Waals surface area contributed by atoms with Crippen LogP contribution in [0, 0.1) is 17.7 Å². The summed E-state index contributed by atoms with van der Waals surface area (Å²) in [6.07, 6.45) is 2.33. The van der Waals surface area contributed by atoms with E-state index in [1.165, 1.54) is 12.1 Å². The van der Waals surface area contributed by atoms with Crippen molar-refractivity contribution >= 4 is 17.5 Å². The molecule has 2 aromatic rings. The number of Topliss-reactive ketones (excluding diaryl/α,β-unsaturated/α-hetero) is 1. The number of phenols is 1. The van der Waals surface area contributed by atoms with Crippen molar-refractivity contribution < 1.29 is 14.3 Å². The molecule has 5 heteroatoms. The van der Waals surface area contributed by atoms with Crippen molar-refractivity contribution in [3.63, 3.8) is 0 Å². The molecule has 1 saturated heterocycles. The quantitative estimate of drug-likeness (QED) is 0.799. The Kier molecular flexibility index (Phi) is 5.00. The van der Waals surface area contributed by atoms with Crippen molar-refractivity contribution in [2.24, 2.45) is 11.8 Å². The van der Waals surface area contributed by atoms with Crippen LogP contribution >= 0.6 is 11.8 Å². The molecular weight excluding hydrogens is 349 g/mol. The zero-order valence-corrected chi connectivity index (χ0v) is 15.3. The molecule has 3 atom stereocenters. The summed E-state index contributed by atoms with van der Waals surface area (Å²) in [5, 5.41) is 9.92. The number of benzene rings is 2. The number of rotatable bonds is 5. The van der Waals surface area contributed by atoms with Gasteiger partial charge in [-0.3, -0.25) is 9.69 Å². The molecule has 26 heavy (non-hydrogen) atoms. The van der Waals surface area contributed by atoms with Gasteiger partial charge in [0, 0.05) is 28.8 Å². The minimum atomic E-state index is -0.188. The average molecular weight is 371 g/mol. The third-order valence-corrected chi connectivity index (χ3v) is 6.72. The van der Waals surface area contributed by atoms with Gasteiger partial charge >= 0.3 is 0 Å². The Morgan fingerprint density at radius 1 is 1.04 bits per heavy atom. The number of carbonyl (C=O) groups is 1. The van der Waals surface area contributed by atoms with Crippen molar-refractivity contribution in [3.8, 4) is 5.75 Å². The highest BCUT2D eigenvalue weighted by Crippen LogP contribution is 2.45. The maximum atomic E-state index is 13.0. The molecule has 0 unspecified atom stereocenters. The molecule has 1 N–H and O–H groups in total. The number of thioether (sulfide) groups is 1. The Morgan fingerprint density at radius 3 is 2.27 bits per heavy atom. The van der Waals surface area contributed by atoms with Crippen molar-refractivity contribution in [3.05, 3.63) is 59.9 Å². The molecule has 136 valence electrons. The molecule has 0 aromatic heterocycles. The molecule has 2 aromatic carbocycles. The zero-order chi connectivity index (χ0) is 18.1. The van der Waals surface area contributed by atoms with Gasteiger partial charge in [0.1, 0.15) is 11.6 Å². The number of hydrogen-bond donors (Lipinski definition) is 1. The maximum Gasteiger partial charge on any atom is 0.176 e. The first-order valence-electron chi connectivity index (χ1n) is 9.03. The molecule has 1 aliphatic carbocycles. The van der Waals surface area contributed by atoms with Crippen LogP contribution in [0.5, 0.6) is 5.75 Å². The number of phenolic OH excluding ortho intramolecular Hbond substituents is 1. The highest BCUT2D eigenvalue weighted by Gasteiger charge is 2.41. The van der Waals surface area contributed by atoms with Crippen LogP contribution in [-0.2, 0) is 0 Å². The standard InChI is InChI=1S/C21H22FNO2S/c22-17-3-7-19(8-4-17)26-20-9-15-11-23(12-16(15)10-20)13-21(25)14-1-5-18(24)6-2-14/h1-8,15-16,20,24H,9-13H2/t15-,16+,20-. The topological polar surface area (TPSA) is 40.5 Å². The van der Waals surface area contributed by atoms with Gasteiger partial charge in [0.15, 0.2) is 5.78 Å². The van der Waals surface area contributed by atoms with Gasteiger partial charge < -0.3 is 5.11 Å². The number of halogens is 1. The van der Waals surface area contributed by atoms with Crippen LogP contribution in [0.2, 0.25) is 0 Å². The number of fused-ring (bicyclic) bond motifs is 1. The molecule has 1 heterocycles. The first-order valence-corrected chi connectivity index (χ1v) is 9.91. The normalized spacial score (nSPS) is 25.3. The summed E-state index contributed by atoms with van der Waals surface area (Å²) < 4.78 is 13.0. The lowest BCUT2D eigenvalue weighted by atomic mass is 10.0. The molecule has 0 bridgehead atoms. The maximum absolute atomic E-state index is 13.0. The van der Waals surface area contributed by atoms with E-state index in [0.717, 1.165) is 30.8 Å². The van der Waals surface area contributed by atoms with E-state index in [0.29, 0.717) is 29.2 Å². The Labute approximate surface area is 157 Å². The first kappa shape index (κ1) is 17.6. The smallest absolute Gasteiger partial charge is 0.176 e. The van der Waals surface area contributed by atoms with Crippen LogP contribution in [0.1, 0.15) is 23.2 Å². The van der Waals surface area contributed by atoms with Crippen LogP contribution in [0.25, 0.3) is 0 Å². The molecular formula is C21H22FNO2S. The van der Waals surface area contributed by atoms with Crippen LogP contribution in [0.15, 0.2) is 53.4 Å². The van der Waals surface area contributed by atoms with Crippen molar-refractivity contribution in [1.82, 2.24) is 4.90 Å². The fourth-order valence-electron chi connectivity index (χ4n) is 4.21. The lowest BCUT2D eigenvalue weighted by Crippen LogP contribution is -2.29. The van der Waals surface area contributed by atoms with Gasteiger partial charge in [0.2, 0.25) is 0 Å². The fourth-order valence-corrected chi connectivity index (χ4v) is 5.58. The SMILES string of the molecule is O=C(CN1C[C@H]2C[C@@H](Sc3ccc(F)cc3)C[C@H]2C1)c1ccc(O)cc1. The highest BCUT2D eigenvalue weighted by molar-refractivity contribution is 8.00. The molecule has 4 rings (SSSR count). The van der Waals surface area contributed by atoms with Gasteiger partial charge in [-0.05, 0) is 73.2 Å². The Balaban J connectivity index is 1.28. The second kappa shape index (κ2) is 7.41. The van der Waals surface area contributed by atoms with E-state index in [9.17, 15) is 14.3 Å². The Bertz CT molecular complexity index is 764. The van der Waals surface area contributed by atoms with E-state index in [4.69, 9.17) is 0 Å². The molecule has 1 saturated carbocycles. The number of carbonyl (C=O) groups excluding carboxylic acids is 1. The van der Waals surface area contributed by atoms with Crippen molar-refractivity contribution in [1.29, 1.82) is 0 Å². The molecule has 0 radical (unpaired) electrons. The Hall–Kier alpha value is -1.85. The number of aromatic hydroxyl groups is 1. The van der Waals surface area contributed by atoms with E-state index in [2.05, 4.69) is 4.90 Å². The minimum Gasteiger partial charge on any atom is -0.508 e. The third kappa shape index (κ3) is 3.94. The van der Waals surface area contributed by atoms with E-state index in [-0.39, 0.29) is 17.3 Å². The molecule has 1 aliphatic heterocycles. The second-order valence-electron chi connectivity index (χ2n) is 7.35. The average Bonchev–Trinajstić information content (AvgIpc) is 3.15. The zero-order valence-electron chi connectivity index (χ0n) is 14.5. The summed E-state index contributed by atoms with van der Waals surface area (Å²) in [5.41, 5.74) is 0.657. The number of hydrogen-bond acceptors (Lipinski definition) is 4. The van der Waals surface area contributed by atoms with Crippen LogP contribution < -0.4 is 0 Å². The van der Waals surface area contributed by atoms with Gasteiger partial charge in [-0.1, -0.05) is 0 Å². The fraction of sp³-hybridized carbons (Fsp3) is 0.381. The van der Waals surface area contributed by atoms with Gasteiger partial charge in [-0.15, -0.1) is 11.8 Å². The second-order valence-corrected chi connectivity index (χ2v) is 8.72. The van der Waals surface area contributed by atoms with Gasteiger partial charge in [0.05, 0.1) is 6.54 Å². The van der Waals surface area contributed by atoms with Crippen LogP contribution in [0.4, 0.5) is 4.39 Å². The summed E-state index contributed by atoms with van der Waals surface area (Å²) in [6.45, 7) is 2.41. The monoisotopic (exact) mass is 371 g/mol. The number of nitrogens with zero attached hydrogens (tertiary/aromatic N) is 1. The van der Waals surface area contributed by atoms with Crippen LogP contribution in [0.3, 0.4) is 0 Å². The van der Waals surface area contributed by atoms with Gasteiger partial charge in [-0.25, -0.2) is 4.39 Å². The first-order chi connectivity index (χ1) is 12.6. The van der Waals surface area contributed by atoms with Crippen LogP contribution in [-0.4, -0.2) is 40.7 Å². The number of likely N-dealkylation sites (tertiary alicyclic amines) is 1. The van der Waals surface area contributed by atoms with E-state index in [1.54, 1.807) is 24.3 Å². The lowest BCUT2D eigenvalue weighted by Gasteiger charge is -2.18. The Morgan fingerprint density at radius 2 is 1.65 bits per heavy atom. The predicted molar refractivity (Wildman–Crippen MR) is 101 cm³/mol. The summed E-state index contributed by atoms with van der Waals surface area (Å²) in [5.74, 6) is 1.41. The predicted octanol–water partition coefficient (Wildman–Crippen LogP) is 4.22. The van der Waals surface area contributed by atoms with Gasteiger partial charge in [0.25, 0.3) is 0 Å². The minimum absolute atomic E-state index is 0.113.